The van der Waals surface area contributed by atoms with Crippen LogP contribution in [-0.2, 0) is 12.8 Å². The summed E-state index contributed by atoms with van der Waals surface area (Å²) in [5.41, 5.74) is 1.62. The van der Waals surface area contributed by atoms with Crippen LogP contribution in [0.4, 0.5) is 4.39 Å². The molecule has 2 aromatic carbocycles. The molecule has 1 N–H and O–H groups in total. The summed E-state index contributed by atoms with van der Waals surface area (Å²) in [6.07, 6.45) is 0.443. The Kier molecular flexibility index (Phi) is 3.85. The van der Waals surface area contributed by atoms with Crippen molar-refractivity contribution < 1.29 is 8.81 Å². The first-order chi connectivity index (χ1) is 12.2. The number of nitrogens with one attached hydrogen (secondary N) is 1. The van der Waals surface area contributed by atoms with Gasteiger partial charge in [0.15, 0.2) is 0 Å². The molecule has 0 spiro atoms. The van der Waals surface area contributed by atoms with E-state index >= 15 is 0 Å². The maximum atomic E-state index is 13.7. The Hall–Kier alpha value is -3.28. The molecule has 0 amide bonds. The number of rotatable bonds is 4. The van der Waals surface area contributed by atoms with Gasteiger partial charge in [-0.3, -0.25) is 4.79 Å². The van der Waals surface area contributed by atoms with Crippen LogP contribution in [0.3, 0.4) is 0 Å². The summed E-state index contributed by atoms with van der Waals surface area (Å²) in [7, 11) is 0. The molecule has 0 saturated heterocycles. The highest BCUT2D eigenvalue weighted by Crippen LogP contribution is 2.15. The number of hydrogen-bond acceptors (Lipinski definition) is 4. The lowest BCUT2D eigenvalue weighted by molar-refractivity contribution is 0.462. The van der Waals surface area contributed by atoms with Crippen molar-refractivity contribution in [2.24, 2.45) is 0 Å². The number of para-hydroxylation sites is 1. The molecule has 25 heavy (non-hydrogen) atoms. The van der Waals surface area contributed by atoms with Crippen molar-refractivity contribution in [1.29, 1.82) is 0 Å². The van der Waals surface area contributed by atoms with E-state index in [2.05, 4.69) is 15.2 Å². The number of aromatic amines is 1. The van der Waals surface area contributed by atoms with E-state index in [1.165, 1.54) is 6.07 Å². The van der Waals surface area contributed by atoms with Gasteiger partial charge in [-0.25, -0.2) is 4.39 Å². The lowest BCUT2D eigenvalue weighted by Gasteiger charge is -2.01. The second-order valence-corrected chi connectivity index (χ2v) is 5.75. The first kappa shape index (κ1) is 15.3. The lowest BCUT2D eigenvalue weighted by Crippen LogP contribution is -2.12. The van der Waals surface area contributed by atoms with Crippen LogP contribution in [0, 0.1) is 5.82 Å². The number of hydrogen-bond donors (Lipinski definition) is 1. The van der Waals surface area contributed by atoms with Crippen LogP contribution in [0.2, 0.25) is 0 Å². The summed E-state index contributed by atoms with van der Waals surface area (Å²) in [5.74, 6) is 0.331. The van der Waals surface area contributed by atoms with Crippen LogP contribution < -0.4 is 5.56 Å². The number of aromatic nitrogens is 3. The Morgan fingerprint density at radius 3 is 2.40 bits per heavy atom. The third-order valence-corrected chi connectivity index (χ3v) is 3.98. The van der Waals surface area contributed by atoms with Crippen molar-refractivity contribution in [1.82, 2.24) is 15.2 Å². The van der Waals surface area contributed by atoms with E-state index in [1.807, 2.05) is 30.3 Å². The van der Waals surface area contributed by atoms with E-state index in [9.17, 15) is 9.18 Å². The van der Waals surface area contributed by atoms with E-state index in [0.717, 1.165) is 10.9 Å². The second-order valence-electron chi connectivity index (χ2n) is 5.75. The molecule has 124 valence electrons. The monoisotopic (exact) mass is 335 g/mol. The van der Waals surface area contributed by atoms with Gasteiger partial charge in [0, 0.05) is 11.1 Å². The molecular formula is C19H14FN3O2. The number of fused-ring (bicyclic) bond motifs is 1. The highest BCUT2D eigenvalue weighted by atomic mass is 19.1. The predicted octanol–water partition coefficient (Wildman–Crippen LogP) is 3.23. The minimum atomic E-state index is -0.312. The molecule has 2 heterocycles. The molecule has 4 aromatic rings. The Morgan fingerprint density at radius 1 is 0.920 bits per heavy atom. The zero-order valence-corrected chi connectivity index (χ0v) is 13.2. The molecule has 4 rings (SSSR count). The van der Waals surface area contributed by atoms with Crippen LogP contribution >= 0.6 is 0 Å². The Morgan fingerprint density at radius 2 is 1.60 bits per heavy atom. The van der Waals surface area contributed by atoms with Crippen LogP contribution in [0.25, 0.3) is 10.9 Å². The maximum Gasteiger partial charge on any atom is 0.252 e. The molecule has 0 aliphatic rings. The van der Waals surface area contributed by atoms with Crippen molar-refractivity contribution in [3.63, 3.8) is 0 Å². The normalized spacial score (nSPS) is 11.1. The first-order valence-electron chi connectivity index (χ1n) is 7.84. The van der Waals surface area contributed by atoms with Crippen molar-refractivity contribution in [2.75, 3.05) is 0 Å². The number of halogens is 1. The van der Waals surface area contributed by atoms with Crippen molar-refractivity contribution in [3.05, 3.63) is 93.7 Å². The summed E-state index contributed by atoms with van der Waals surface area (Å²) in [6, 6.07) is 15.8. The quantitative estimate of drug-likeness (QED) is 0.621. The Balaban J connectivity index is 1.58. The van der Waals surface area contributed by atoms with Crippen LogP contribution in [0.15, 0.2) is 63.8 Å². The standard InChI is InChI=1S/C19H14FN3O2/c20-15-7-3-1-5-12(15)10-17-22-23-18(25-17)11-14-9-13-6-2-4-8-16(13)21-19(14)24/h1-9H,10-11H2,(H,21,24). The van der Waals surface area contributed by atoms with Gasteiger partial charge in [0.1, 0.15) is 5.82 Å². The summed E-state index contributed by atoms with van der Waals surface area (Å²) in [4.78, 5) is 15.0. The fourth-order valence-electron chi connectivity index (χ4n) is 2.72. The Bertz CT molecular complexity index is 1100. The average molecular weight is 335 g/mol. The van der Waals surface area contributed by atoms with Crippen molar-refractivity contribution in [3.8, 4) is 0 Å². The minimum Gasteiger partial charge on any atom is -0.425 e. The Labute approximate surface area is 142 Å². The number of H-pyrrole nitrogens is 1. The highest BCUT2D eigenvalue weighted by molar-refractivity contribution is 5.78. The first-order valence-corrected chi connectivity index (χ1v) is 7.84. The summed E-state index contributed by atoms with van der Waals surface area (Å²) >= 11 is 0. The predicted molar refractivity (Wildman–Crippen MR) is 90.9 cm³/mol. The van der Waals surface area contributed by atoms with Gasteiger partial charge in [0.05, 0.1) is 12.8 Å². The molecule has 0 bridgehead atoms. The number of pyridine rings is 1. The molecule has 0 fully saturated rings. The second kappa shape index (κ2) is 6.32. The van der Waals surface area contributed by atoms with E-state index in [4.69, 9.17) is 4.42 Å². The van der Waals surface area contributed by atoms with E-state index in [1.54, 1.807) is 18.2 Å². The molecule has 5 nitrogen and oxygen atoms in total. The topological polar surface area (TPSA) is 71.8 Å². The lowest BCUT2D eigenvalue weighted by atomic mass is 10.1. The molecule has 0 atom stereocenters. The average Bonchev–Trinajstić information content (AvgIpc) is 3.05. The molecule has 0 unspecified atom stereocenters. The van der Waals surface area contributed by atoms with E-state index in [0.29, 0.717) is 22.9 Å². The summed E-state index contributed by atoms with van der Waals surface area (Å²) < 4.78 is 19.3. The van der Waals surface area contributed by atoms with Gasteiger partial charge in [0.2, 0.25) is 11.8 Å². The third-order valence-electron chi connectivity index (χ3n) is 3.98. The minimum absolute atomic E-state index is 0.187. The SMILES string of the molecule is O=c1[nH]c2ccccc2cc1Cc1nnc(Cc2ccccc2F)o1. The largest absolute Gasteiger partial charge is 0.425 e. The van der Waals surface area contributed by atoms with Gasteiger partial charge in [-0.15, -0.1) is 10.2 Å². The molecule has 6 heteroatoms. The fourth-order valence-corrected chi connectivity index (χ4v) is 2.72. The molecule has 0 radical (unpaired) electrons. The third kappa shape index (κ3) is 3.19. The number of benzene rings is 2. The molecule has 0 aliphatic heterocycles. The zero-order chi connectivity index (χ0) is 17.2. The van der Waals surface area contributed by atoms with Gasteiger partial charge in [-0.05, 0) is 29.1 Å². The van der Waals surface area contributed by atoms with Gasteiger partial charge >= 0.3 is 0 Å². The number of nitrogens with zero attached hydrogens (tertiary/aromatic N) is 2. The zero-order valence-electron chi connectivity index (χ0n) is 13.2. The summed E-state index contributed by atoms with van der Waals surface area (Å²) in [5, 5.41) is 8.85. The van der Waals surface area contributed by atoms with Crippen molar-refractivity contribution in [2.45, 2.75) is 12.8 Å². The van der Waals surface area contributed by atoms with Gasteiger partial charge in [-0.1, -0.05) is 36.4 Å². The fraction of sp³-hybridized carbons (Fsp3) is 0.105. The van der Waals surface area contributed by atoms with E-state index < -0.39 is 0 Å². The molecule has 0 aliphatic carbocycles. The summed E-state index contributed by atoms with van der Waals surface area (Å²) in [6.45, 7) is 0. The molecular weight excluding hydrogens is 321 g/mol. The van der Waals surface area contributed by atoms with Crippen LogP contribution in [-0.4, -0.2) is 15.2 Å². The van der Waals surface area contributed by atoms with Gasteiger partial charge in [-0.2, -0.15) is 0 Å². The van der Waals surface area contributed by atoms with Gasteiger partial charge in [0.25, 0.3) is 5.56 Å². The smallest absolute Gasteiger partial charge is 0.252 e. The molecule has 0 saturated carbocycles. The van der Waals surface area contributed by atoms with Gasteiger partial charge < -0.3 is 9.40 Å². The van der Waals surface area contributed by atoms with E-state index in [-0.39, 0.29) is 24.2 Å². The van der Waals surface area contributed by atoms with Crippen LogP contribution in [0.1, 0.15) is 22.9 Å². The van der Waals surface area contributed by atoms with Crippen molar-refractivity contribution >= 4 is 10.9 Å². The highest BCUT2D eigenvalue weighted by Gasteiger charge is 2.12. The maximum absolute atomic E-state index is 13.7. The van der Waals surface area contributed by atoms with Crippen LogP contribution in [0.5, 0.6) is 0 Å². The molecule has 2 aromatic heterocycles.